The van der Waals surface area contributed by atoms with Crippen LogP contribution in [0.1, 0.15) is 29.5 Å². The summed E-state index contributed by atoms with van der Waals surface area (Å²) in [5.41, 5.74) is 5.67. The molecule has 0 radical (unpaired) electrons. The van der Waals surface area contributed by atoms with Gasteiger partial charge >= 0.3 is 0 Å². The lowest BCUT2D eigenvalue weighted by molar-refractivity contribution is 0.686. The molecule has 2 heteroatoms. The van der Waals surface area contributed by atoms with Crippen LogP contribution in [0.3, 0.4) is 0 Å². The summed E-state index contributed by atoms with van der Waals surface area (Å²) in [6.45, 7) is 0.873. The van der Waals surface area contributed by atoms with Gasteiger partial charge in [-0.3, -0.25) is 0 Å². The van der Waals surface area contributed by atoms with Crippen molar-refractivity contribution in [1.82, 2.24) is 0 Å². The molecular formula is C17H18BrN. The lowest BCUT2D eigenvalue weighted by atomic mass is 9.90. The third-order valence-corrected chi connectivity index (χ3v) is 4.60. The first-order valence-corrected chi connectivity index (χ1v) is 7.72. The van der Waals surface area contributed by atoms with Gasteiger partial charge in [-0.25, -0.2) is 0 Å². The molecule has 2 aromatic carbocycles. The van der Waals surface area contributed by atoms with Crippen LogP contribution < -0.4 is 5.32 Å². The summed E-state index contributed by atoms with van der Waals surface area (Å²) in [7, 11) is 0. The normalized spacial score (nSPS) is 13.9. The van der Waals surface area contributed by atoms with E-state index >= 15 is 0 Å². The van der Waals surface area contributed by atoms with Crippen molar-refractivity contribution in [2.75, 3.05) is 5.32 Å². The van der Waals surface area contributed by atoms with E-state index in [-0.39, 0.29) is 0 Å². The van der Waals surface area contributed by atoms with E-state index < -0.39 is 0 Å². The van der Waals surface area contributed by atoms with Crippen LogP contribution >= 0.6 is 15.9 Å². The highest BCUT2D eigenvalue weighted by Crippen LogP contribution is 2.28. The average Bonchev–Trinajstić information content (AvgIpc) is 2.46. The summed E-state index contributed by atoms with van der Waals surface area (Å²) in [4.78, 5) is 0. The van der Waals surface area contributed by atoms with Gasteiger partial charge in [-0.15, -0.1) is 0 Å². The van der Waals surface area contributed by atoms with Crippen molar-refractivity contribution in [2.24, 2.45) is 0 Å². The van der Waals surface area contributed by atoms with E-state index in [1.54, 1.807) is 0 Å². The monoisotopic (exact) mass is 315 g/mol. The number of nitrogens with one attached hydrogen (secondary N) is 1. The molecular weight excluding hydrogens is 298 g/mol. The minimum absolute atomic E-state index is 0.873. The van der Waals surface area contributed by atoms with Crippen LogP contribution in [-0.4, -0.2) is 0 Å². The predicted molar refractivity (Wildman–Crippen MR) is 84.6 cm³/mol. The van der Waals surface area contributed by atoms with Crippen LogP contribution in [0.15, 0.2) is 46.9 Å². The number of fused-ring (bicyclic) bond motifs is 1. The number of halogens is 1. The van der Waals surface area contributed by atoms with E-state index in [9.17, 15) is 0 Å². The number of benzene rings is 2. The Labute approximate surface area is 123 Å². The van der Waals surface area contributed by atoms with Gasteiger partial charge in [0.25, 0.3) is 0 Å². The predicted octanol–water partition coefficient (Wildman–Crippen LogP) is 4.94. The van der Waals surface area contributed by atoms with Gasteiger partial charge in [0.05, 0.1) is 0 Å². The molecule has 1 N–H and O–H groups in total. The van der Waals surface area contributed by atoms with Gasteiger partial charge in [0.15, 0.2) is 0 Å². The van der Waals surface area contributed by atoms with E-state index in [1.165, 1.54) is 52.5 Å². The van der Waals surface area contributed by atoms with E-state index in [0.717, 1.165) is 6.54 Å². The molecule has 0 heterocycles. The minimum Gasteiger partial charge on any atom is -0.381 e. The Morgan fingerprint density at radius 1 is 0.947 bits per heavy atom. The van der Waals surface area contributed by atoms with Gasteiger partial charge in [-0.1, -0.05) is 46.3 Å². The highest BCUT2D eigenvalue weighted by atomic mass is 79.9. The van der Waals surface area contributed by atoms with Crippen molar-refractivity contribution in [3.63, 3.8) is 0 Å². The smallest absolute Gasteiger partial charge is 0.0412 e. The fourth-order valence-corrected chi connectivity index (χ4v) is 3.20. The Bertz CT molecular complexity index is 577. The molecule has 0 amide bonds. The molecule has 98 valence electrons. The quantitative estimate of drug-likeness (QED) is 0.846. The Hall–Kier alpha value is -1.28. The number of hydrogen-bond acceptors (Lipinski definition) is 1. The Morgan fingerprint density at radius 2 is 1.79 bits per heavy atom. The minimum atomic E-state index is 0.873. The van der Waals surface area contributed by atoms with Crippen molar-refractivity contribution in [1.29, 1.82) is 0 Å². The van der Waals surface area contributed by atoms with Crippen molar-refractivity contribution < 1.29 is 0 Å². The fourth-order valence-electron chi connectivity index (χ4n) is 2.78. The standard InChI is InChI=1S/C17H18BrN/c18-16-10-4-2-7-14(16)12-19-17-11-5-8-13-6-1-3-9-15(13)17/h2,4-5,7-8,10-11,19H,1,3,6,9,12H2. The third-order valence-electron chi connectivity index (χ3n) is 3.82. The molecule has 3 rings (SSSR count). The molecule has 0 atom stereocenters. The van der Waals surface area contributed by atoms with Gasteiger partial charge in [0.1, 0.15) is 0 Å². The maximum atomic E-state index is 3.60. The molecule has 0 saturated heterocycles. The zero-order chi connectivity index (χ0) is 13.1. The van der Waals surface area contributed by atoms with Crippen molar-refractivity contribution in [3.8, 4) is 0 Å². The first-order chi connectivity index (χ1) is 9.34. The maximum absolute atomic E-state index is 3.60. The van der Waals surface area contributed by atoms with Crippen LogP contribution in [0.25, 0.3) is 0 Å². The average molecular weight is 316 g/mol. The summed E-state index contributed by atoms with van der Waals surface area (Å²) in [6, 6.07) is 15.1. The zero-order valence-corrected chi connectivity index (χ0v) is 12.5. The zero-order valence-electron chi connectivity index (χ0n) is 11.0. The molecule has 0 aliphatic heterocycles. The van der Waals surface area contributed by atoms with Crippen LogP contribution in [0.2, 0.25) is 0 Å². The molecule has 0 bridgehead atoms. The third kappa shape index (κ3) is 2.84. The second-order valence-electron chi connectivity index (χ2n) is 5.10. The van der Waals surface area contributed by atoms with E-state index in [1.807, 2.05) is 0 Å². The molecule has 0 aromatic heterocycles. The largest absolute Gasteiger partial charge is 0.381 e. The number of hydrogen-bond donors (Lipinski definition) is 1. The lowest BCUT2D eigenvalue weighted by Gasteiger charge is -2.20. The summed E-state index contributed by atoms with van der Waals surface area (Å²) < 4.78 is 1.17. The van der Waals surface area contributed by atoms with Crippen LogP contribution in [-0.2, 0) is 19.4 Å². The van der Waals surface area contributed by atoms with E-state index in [4.69, 9.17) is 0 Å². The molecule has 0 spiro atoms. The molecule has 19 heavy (non-hydrogen) atoms. The summed E-state index contributed by atoms with van der Waals surface area (Å²) in [5, 5.41) is 3.60. The molecule has 0 saturated carbocycles. The lowest BCUT2D eigenvalue weighted by Crippen LogP contribution is -2.08. The molecule has 1 nitrogen and oxygen atoms in total. The molecule has 1 aliphatic carbocycles. The SMILES string of the molecule is Brc1ccccc1CNc1cccc2c1CCCC2. The van der Waals surface area contributed by atoms with E-state index in [2.05, 4.69) is 63.7 Å². The Morgan fingerprint density at radius 3 is 2.68 bits per heavy atom. The van der Waals surface area contributed by atoms with Gasteiger partial charge in [0, 0.05) is 16.7 Å². The first-order valence-electron chi connectivity index (χ1n) is 6.92. The Balaban J connectivity index is 1.79. The summed E-state index contributed by atoms with van der Waals surface area (Å²) in [6.07, 6.45) is 5.11. The van der Waals surface area contributed by atoms with Gasteiger partial charge in [-0.05, 0) is 54.5 Å². The highest BCUT2D eigenvalue weighted by Gasteiger charge is 2.12. The van der Waals surface area contributed by atoms with Crippen molar-refractivity contribution in [3.05, 3.63) is 63.6 Å². The van der Waals surface area contributed by atoms with E-state index in [0.29, 0.717) is 0 Å². The molecule has 2 aromatic rings. The van der Waals surface area contributed by atoms with Crippen LogP contribution in [0, 0.1) is 0 Å². The molecule has 1 aliphatic rings. The van der Waals surface area contributed by atoms with Crippen LogP contribution in [0.5, 0.6) is 0 Å². The van der Waals surface area contributed by atoms with Crippen LogP contribution in [0.4, 0.5) is 5.69 Å². The number of rotatable bonds is 3. The van der Waals surface area contributed by atoms with Crippen molar-refractivity contribution in [2.45, 2.75) is 32.2 Å². The second kappa shape index (κ2) is 5.79. The summed E-state index contributed by atoms with van der Waals surface area (Å²) in [5.74, 6) is 0. The van der Waals surface area contributed by atoms with Gasteiger partial charge in [0.2, 0.25) is 0 Å². The van der Waals surface area contributed by atoms with Crippen molar-refractivity contribution >= 4 is 21.6 Å². The highest BCUT2D eigenvalue weighted by molar-refractivity contribution is 9.10. The molecule has 0 fully saturated rings. The van der Waals surface area contributed by atoms with Gasteiger partial charge < -0.3 is 5.32 Å². The Kier molecular flexibility index (Phi) is 3.88. The fraction of sp³-hybridized carbons (Fsp3) is 0.294. The van der Waals surface area contributed by atoms with Gasteiger partial charge in [-0.2, -0.15) is 0 Å². The summed E-state index contributed by atoms with van der Waals surface area (Å²) >= 11 is 3.60. The maximum Gasteiger partial charge on any atom is 0.0412 e. The topological polar surface area (TPSA) is 12.0 Å². The number of anilines is 1. The number of aryl methyl sites for hydroxylation is 1. The first kappa shape index (κ1) is 12.7. The second-order valence-corrected chi connectivity index (χ2v) is 5.95. The molecule has 0 unspecified atom stereocenters.